The monoisotopic (exact) mass is 281 g/mol. The summed E-state index contributed by atoms with van der Waals surface area (Å²) in [7, 11) is 0. The predicted octanol–water partition coefficient (Wildman–Crippen LogP) is 4.21. The van der Waals surface area contributed by atoms with Gasteiger partial charge in [-0.3, -0.25) is 4.79 Å². The molecule has 2 rings (SSSR count). The van der Waals surface area contributed by atoms with Gasteiger partial charge in [0.1, 0.15) is 5.92 Å². The zero-order valence-electron chi connectivity index (χ0n) is 11.5. The van der Waals surface area contributed by atoms with E-state index in [2.05, 4.69) is 6.07 Å². The van der Waals surface area contributed by atoms with Gasteiger partial charge < -0.3 is 0 Å². The number of carbonyl (C=O) groups excluding carboxylic acids is 1. The van der Waals surface area contributed by atoms with Crippen LogP contribution in [0, 0.1) is 18.3 Å². The molecule has 1 atom stereocenters. The van der Waals surface area contributed by atoms with Gasteiger partial charge in [-0.15, -0.1) is 11.8 Å². The molecule has 100 valence electrons. The molecule has 0 saturated heterocycles. The molecule has 2 aromatic carbocycles. The summed E-state index contributed by atoms with van der Waals surface area (Å²) >= 11 is 1.52. The normalized spacial score (nSPS) is 11.7. The second-order valence-electron chi connectivity index (χ2n) is 4.54. The number of nitriles is 1. The van der Waals surface area contributed by atoms with Crippen LogP contribution >= 0.6 is 11.8 Å². The van der Waals surface area contributed by atoms with Crippen LogP contribution in [-0.4, -0.2) is 12.0 Å². The number of carbonyl (C=O) groups is 1. The second kappa shape index (κ2) is 6.40. The minimum Gasteiger partial charge on any atom is -0.292 e. The largest absolute Gasteiger partial charge is 0.292 e. The van der Waals surface area contributed by atoms with Gasteiger partial charge in [-0.05, 0) is 24.8 Å². The number of thioether (sulfide) groups is 1. The fourth-order valence-corrected chi connectivity index (χ4v) is 2.65. The van der Waals surface area contributed by atoms with Crippen molar-refractivity contribution in [1.29, 1.82) is 5.26 Å². The zero-order chi connectivity index (χ0) is 14.5. The number of rotatable bonds is 4. The number of benzene rings is 2. The molecule has 1 unspecified atom stereocenters. The molecule has 20 heavy (non-hydrogen) atoms. The maximum absolute atomic E-state index is 12.6. The minimum atomic E-state index is -0.746. The van der Waals surface area contributed by atoms with Crippen molar-refractivity contribution in [2.45, 2.75) is 17.7 Å². The summed E-state index contributed by atoms with van der Waals surface area (Å²) < 4.78 is 0. The maximum Gasteiger partial charge on any atom is 0.185 e. The lowest BCUT2D eigenvalue weighted by Crippen LogP contribution is -2.12. The first kappa shape index (κ1) is 14.4. The van der Waals surface area contributed by atoms with Gasteiger partial charge in [-0.1, -0.05) is 48.0 Å². The molecule has 2 nitrogen and oxygen atoms in total. The molecular weight excluding hydrogens is 266 g/mol. The van der Waals surface area contributed by atoms with Crippen LogP contribution in [-0.2, 0) is 0 Å². The smallest absolute Gasteiger partial charge is 0.185 e. The third-order valence-electron chi connectivity index (χ3n) is 3.17. The van der Waals surface area contributed by atoms with E-state index in [1.54, 1.807) is 6.07 Å². The van der Waals surface area contributed by atoms with Gasteiger partial charge in [0.25, 0.3) is 0 Å². The Morgan fingerprint density at radius 2 is 1.80 bits per heavy atom. The molecule has 0 aliphatic heterocycles. The van der Waals surface area contributed by atoms with Gasteiger partial charge >= 0.3 is 0 Å². The van der Waals surface area contributed by atoms with Crippen LogP contribution in [0.25, 0.3) is 0 Å². The van der Waals surface area contributed by atoms with E-state index >= 15 is 0 Å². The molecule has 0 aliphatic carbocycles. The van der Waals surface area contributed by atoms with Crippen molar-refractivity contribution in [2.24, 2.45) is 0 Å². The number of nitrogens with zero attached hydrogens (tertiary/aromatic N) is 1. The van der Waals surface area contributed by atoms with E-state index < -0.39 is 5.92 Å². The van der Waals surface area contributed by atoms with E-state index in [-0.39, 0.29) is 5.78 Å². The molecule has 0 radical (unpaired) electrons. The molecule has 0 saturated carbocycles. The Morgan fingerprint density at radius 1 is 1.15 bits per heavy atom. The molecule has 0 aliphatic rings. The first-order valence-electron chi connectivity index (χ1n) is 6.30. The van der Waals surface area contributed by atoms with Crippen LogP contribution in [0.5, 0.6) is 0 Å². The molecule has 0 aromatic heterocycles. The summed E-state index contributed by atoms with van der Waals surface area (Å²) in [6.07, 6.45) is 1.93. The Kier molecular flexibility index (Phi) is 4.60. The SMILES string of the molecule is CSc1ccccc1C(=O)C(C#N)c1ccc(C)cc1. The van der Waals surface area contributed by atoms with Crippen molar-refractivity contribution in [3.63, 3.8) is 0 Å². The van der Waals surface area contributed by atoms with Gasteiger partial charge in [0.05, 0.1) is 6.07 Å². The maximum atomic E-state index is 12.6. The first-order chi connectivity index (χ1) is 9.67. The summed E-state index contributed by atoms with van der Waals surface area (Å²) in [6, 6.07) is 17.1. The van der Waals surface area contributed by atoms with E-state index in [4.69, 9.17) is 0 Å². The highest BCUT2D eigenvalue weighted by molar-refractivity contribution is 7.98. The Labute approximate surface area is 123 Å². The van der Waals surface area contributed by atoms with Crippen LogP contribution in [0.1, 0.15) is 27.4 Å². The number of aryl methyl sites for hydroxylation is 1. The van der Waals surface area contributed by atoms with Crippen LogP contribution < -0.4 is 0 Å². The van der Waals surface area contributed by atoms with E-state index in [1.807, 2.05) is 55.6 Å². The third-order valence-corrected chi connectivity index (χ3v) is 3.97. The first-order valence-corrected chi connectivity index (χ1v) is 7.53. The van der Waals surface area contributed by atoms with Crippen LogP contribution in [0.2, 0.25) is 0 Å². The number of Topliss-reactive ketones (excluding diaryl/α,β-unsaturated/α-hetero) is 1. The van der Waals surface area contributed by atoms with Crippen molar-refractivity contribution in [3.05, 3.63) is 65.2 Å². The number of hydrogen-bond acceptors (Lipinski definition) is 3. The third kappa shape index (κ3) is 2.92. The Bertz CT molecular complexity index is 655. The van der Waals surface area contributed by atoms with Gasteiger partial charge in [0, 0.05) is 10.5 Å². The second-order valence-corrected chi connectivity index (χ2v) is 5.39. The lowest BCUT2D eigenvalue weighted by atomic mass is 9.91. The van der Waals surface area contributed by atoms with Crippen LogP contribution in [0.4, 0.5) is 0 Å². The molecular formula is C17H15NOS. The average molecular weight is 281 g/mol. The molecule has 0 N–H and O–H groups in total. The standard InChI is InChI=1S/C17H15NOS/c1-12-7-9-13(10-8-12)15(11-18)17(19)14-5-3-4-6-16(14)20-2/h3-10,15H,1-2H3. The van der Waals surface area contributed by atoms with Gasteiger partial charge in [0.2, 0.25) is 0 Å². The zero-order valence-corrected chi connectivity index (χ0v) is 12.3. The van der Waals surface area contributed by atoms with Crippen molar-refractivity contribution in [1.82, 2.24) is 0 Å². The summed E-state index contributed by atoms with van der Waals surface area (Å²) in [4.78, 5) is 13.5. The highest BCUT2D eigenvalue weighted by Gasteiger charge is 2.23. The highest BCUT2D eigenvalue weighted by atomic mass is 32.2. The van der Waals surface area contributed by atoms with E-state index in [9.17, 15) is 10.1 Å². The Morgan fingerprint density at radius 3 is 2.40 bits per heavy atom. The fourth-order valence-electron chi connectivity index (χ4n) is 2.05. The van der Waals surface area contributed by atoms with E-state index in [1.165, 1.54) is 11.8 Å². The lowest BCUT2D eigenvalue weighted by Gasteiger charge is -2.11. The Hall–Kier alpha value is -2.05. The van der Waals surface area contributed by atoms with Crippen LogP contribution in [0.3, 0.4) is 0 Å². The summed E-state index contributed by atoms with van der Waals surface area (Å²) in [5.41, 5.74) is 2.48. The topological polar surface area (TPSA) is 40.9 Å². The number of hydrogen-bond donors (Lipinski definition) is 0. The van der Waals surface area contributed by atoms with Crippen molar-refractivity contribution >= 4 is 17.5 Å². The highest BCUT2D eigenvalue weighted by Crippen LogP contribution is 2.27. The Balaban J connectivity index is 2.39. The molecule has 0 amide bonds. The van der Waals surface area contributed by atoms with Crippen molar-refractivity contribution in [3.8, 4) is 6.07 Å². The quantitative estimate of drug-likeness (QED) is 0.622. The van der Waals surface area contributed by atoms with Crippen molar-refractivity contribution in [2.75, 3.05) is 6.26 Å². The average Bonchev–Trinajstić information content (AvgIpc) is 2.49. The summed E-state index contributed by atoms with van der Waals surface area (Å²) in [5.74, 6) is -0.884. The summed E-state index contributed by atoms with van der Waals surface area (Å²) in [5, 5.41) is 9.37. The van der Waals surface area contributed by atoms with Gasteiger partial charge in [-0.2, -0.15) is 5.26 Å². The van der Waals surface area contributed by atoms with Crippen molar-refractivity contribution < 1.29 is 4.79 Å². The molecule has 3 heteroatoms. The lowest BCUT2D eigenvalue weighted by molar-refractivity contribution is 0.0976. The molecule has 0 spiro atoms. The molecule has 0 heterocycles. The molecule has 0 bridgehead atoms. The predicted molar refractivity (Wildman–Crippen MR) is 82.1 cm³/mol. The van der Waals surface area contributed by atoms with E-state index in [0.717, 1.165) is 16.0 Å². The minimum absolute atomic E-state index is 0.138. The van der Waals surface area contributed by atoms with Gasteiger partial charge in [-0.25, -0.2) is 0 Å². The number of ketones is 1. The fraction of sp³-hybridized carbons (Fsp3) is 0.176. The van der Waals surface area contributed by atoms with Crippen LogP contribution in [0.15, 0.2) is 53.4 Å². The van der Waals surface area contributed by atoms with Gasteiger partial charge in [0.15, 0.2) is 5.78 Å². The molecule has 0 fully saturated rings. The summed E-state index contributed by atoms with van der Waals surface area (Å²) in [6.45, 7) is 1.98. The van der Waals surface area contributed by atoms with E-state index in [0.29, 0.717) is 5.56 Å². The molecule has 2 aromatic rings.